The van der Waals surface area contributed by atoms with Gasteiger partial charge in [0.15, 0.2) is 0 Å². The molecule has 0 bridgehead atoms. The van der Waals surface area contributed by atoms with Crippen LogP contribution in [0.15, 0.2) is 18.3 Å². The molecule has 0 radical (unpaired) electrons. The van der Waals surface area contributed by atoms with Gasteiger partial charge in [0.2, 0.25) is 0 Å². The van der Waals surface area contributed by atoms with E-state index in [1.165, 1.54) is 6.42 Å². The lowest BCUT2D eigenvalue weighted by atomic mass is 9.94. The Morgan fingerprint density at radius 1 is 1.19 bits per heavy atom. The van der Waals surface area contributed by atoms with Crippen molar-refractivity contribution in [3.05, 3.63) is 29.5 Å². The summed E-state index contributed by atoms with van der Waals surface area (Å²) in [6.45, 7) is -0.522. The number of aromatic nitrogens is 2. The zero-order valence-electron chi connectivity index (χ0n) is 17.9. The Bertz CT molecular complexity index is 1020. The third-order valence-corrected chi connectivity index (χ3v) is 6.48. The molecular weight excluding hydrogens is 414 g/mol. The fraction of sp³-hybridized carbons (Fsp3) is 0.565. The maximum atomic E-state index is 13.2. The number of carbonyl (C=O) groups is 1. The fourth-order valence-electron chi connectivity index (χ4n) is 4.49. The number of carbonyl (C=O) groups excluding carboxylic acids is 1. The summed E-state index contributed by atoms with van der Waals surface area (Å²) in [7, 11) is 1.83. The third kappa shape index (κ3) is 4.37. The van der Waals surface area contributed by atoms with Crippen molar-refractivity contribution in [2.45, 2.75) is 68.7 Å². The Hall–Kier alpha value is -2.48. The molecule has 4 rings (SSSR count). The SMILES string of the molecule is CN(C(=O)c1cc(C#C[C@H]2O[C@H](CO)[C@@H](O)[C@H](O)[C@@H]2O)c2[nH]ncc2c1)C1CCCCC1. The summed E-state index contributed by atoms with van der Waals surface area (Å²) in [5.74, 6) is 5.60. The largest absolute Gasteiger partial charge is 0.394 e. The van der Waals surface area contributed by atoms with Crippen LogP contribution in [0, 0.1) is 11.8 Å². The molecule has 1 saturated carbocycles. The van der Waals surface area contributed by atoms with Crippen LogP contribution in [-0.2, 0) is 4.74 Å². The van der Waals surface area contributed by atoms with Crippen LogP contribution in [0.5, 0.6) is 0 Å². The van der Waals surface area contributed by atoms with Gasteiger partial charge in [-0.2, -0.15) is 5.10 Å². The van der Waals surface area contributed by atoms with E-state index in [9.17, 15) is 25.2 Å². The highest BCUT2D eigenvalue weighted by atomic mass is 16.5. The zero-order chi connectivity index (χ0) is 22.8. The molecule has 0 unspecified atom stereocenters. The van der Waals surface area contributed by atoms with Crippen LogP contribution in [0.1, 0.15) is 48.0 Å². The van der Waals surface area contributed by atoms with E-state index in [2.05, 4.69) is 22.0 Å². The maximum Gasteiger partial charge on any atom is 0.253 e. The molecule has 2 fully saturated rings. The number of ether oxygens (including phenoxy) is 1. The Morgan fingerprint density at radius 3 is 2.66 bits per heavy atom. The second kappa shape index (κ2) is 9.57. The summed E-state index contributed by atoms with van der Waals surface area (Å²) in [5.41, 5.74) is 1.63. The topological polar surface area (TPSA) is 139 Å². The number of benzene rings is 1. The van der Waals surface area contributed by atoms with E-state index in [1.54, 1.807) is 23.2 Å². The minimum atomic E-state index is -1.50. The van der Waals surface area contributed by atoms with Crippen LogP contribution < -0.4 is 0 Å². The minimum absolute atomic E-state index is 0.0871. The normalized spacial score (nSPS) is 28.8. The van der Waals surface area contributed by atoms with E-state index in [1.807, 2.05) is 7.05 Å². The summed E-state index contributed by atoms with van der Waals surface area (Å²) in [6, 6.07) is 3.68. The molecule has 2 aromatic rings. The molecule has 9 heteroatoms. The first kappa shape index (κ1) is 22.7. The molecule has 2 heterocycles. The lowest BCUT2D eigenvalue weighted by Crippen LogP contribution is -2.58. The molecule has 1 aromatic heterocycles. The van der Waals surface area contributed by atoms with Gasteiger partial charge in [0.25, 0.3) is 5.91 Å². The summed E-state index contributed by atoms with van der Waals surface area (Å²) >= 11 is 0. The first-order chi connectivity index (χ1) is 15.4. The van der Waals surface area contributed by atoms with E-state index in [4.69, 9.17) is 4.74 Å². The molecule has 172 valence electrons. The Kier molecular flexibility index (Phi) is 6.79. The highest BCUT2D eigenvalue weighted by Gasteiger charge is 2.42. The standard InChI is InChI=1S/C23H29N3O6/c1-26(16-5-3-2-4-6-16)23(31)14-9-13(19-15(10-14)11-24-25-19)7-8-17-20(28)22(30)21(29)18(12-27)32-17/h9-11,16-18,20-22,27-30H,2-6,12H2,1H3,(H,24,25)/t17-,18-,20-,21-,22-/m1/s1. The highest BCUT2D eigenvalue weighted by molar-refractivity contribution is 5.99. The molecular formula is C23H29N3O6. The van der Waals surface area contributed by atoms with Gasteiger partial charge in [-0.3, -0.25) is 9.89 Å². The van der Waals surface area contributed by atoms with E-state index in [0.29, 0.717) is 16.6 Å². The first-order valence-electron chi connectivity index (χ1n) is 11.0. The van der Waals surface area contributed by atoms with Gasteiger partial charge >= 0.3 is 0 Å². The smallest absolute Gasteiger partial charge is 0.253 e. The van der Waals surface area contributed by atoms with Crippen LogP contribution in [0.25, 0.3) is 10.9 Å². The maximum absolute atomic E-state index is 13.2. The summed E-state index contributed by atoms with van der Waals surface area (Å²) in [5, 5.41) is 47.2. The molecule has 1 aliphatic heterocycles. The van der Waals surface area contributed by atoms with Crippen molar-refractivity contribution in [3.63, 3.8) is 0 Å². The molecule has 0 spiro atoms. The van der Waals surface area contributed by atoms with E-state index in [0.717, 1.165) is 31.1 Å². The quantitative estimate of drug-likeness (QED) is 0.426. The number of rotatable bonds is 3. The van der Waals surface area contributed by atoms with Crippen LogP contribution in [-0.4, -0.2) is 91.6 Å². The predicted molar refractivity (Wildman–Crippen MR) is 116 cm³/mol. The van der Waals surface area contributed by atoms with Gasteiger partial charge in [-0.15, -0.1) is 0 Å². The van der Waals surface area contributed by atoms with Crippen molar-refractivity contribution >= 4 is 16.8 Å². The second-order valence-electron chi connectivity index (χ2n) is 8.58. The number of amides is 1. The van der Waals surface area contributed by atoms with E-state index < -0.39 is 37.1 Å². The number of hydrogen-bond acceptors (Lipinski definition) is 7. The fourth-order valence-corrected chi connectivity index (χ4v) is 4.49. The summed E-state index contributed by atoms with van der Waals surface area (Å²) in [4.78, 5) is 15.0. The van der Waals surface area contributed by atoms with E-state index in [-0.39, 0.29) is 11.9 Å². The van der Waals surface area contributed by atoms with Crippen molar-refractivity contribution in [2.24, 2.45) is 0 Å². The van der Waals surface area contributed by atoms with Crippen molar-refractivity contribution in [1.82, 2.24) is 15.1 Å². The van der Waals surface area contributed by atoms with Crippen molar-refractivity contribution < 1.29 is 30.0 Å². The molecule has 9 nitrogen and oxygen atoms in total. The minimum Gasteiger partial charge on any atom is -0.394 e. The number of H-pyrrole nitrogens is 1. The highest BCUT2D eigenvalue weighted by Crippen LogP contribution is 2.25. The van der Waals surface area contributed by atoms with Gasteiger partial charge in [0.05, 0.1) is 23.9 Å². The van der Waals surface area contributed by atoms with Gasteiger partial charge in [0, 0.05) is 24.0 Å². The van der Waals surface area contributed by atoms with Crippen LogP contribution in [0.2, 0.25) is 0 Å². The Morgan fingerprint density at radius 2 is 1.94 bits per heavy atom. The van der Waals surface area contributed by atoms with Crippen molar-refractivity contribution in [3.8, 4) is 11.8 Å². The van der Waals surface area contributed by atoms with Gasteiger partial charge in [-0.1, -0.05) is 31.1 Å². The van der Waals surface area contributed by atoms with Gasteiger partial charge in [0.1, 0.15) is 30.5 Å². The molecule has 1 aliphatic carbocycles. The van der Waals surface area contributed by atoms with Gasteiger partial charge < -0.3 is 30.1 Å². The number of hydrogen-bond donors (Lipinski definition) is 5. The number of aliphatic hydroxyl groups excluding tert-OH is 4. The predicted octanol–water partition coefficient (Wildman–Crippen LogP) is 0.161. The number of aromatic amines is 1. The zero-order valence-corrected chi connectivity index (χ0v) is 17.9. The summed E-state index contributed by atoms with van der Waals surface area (Å²) in [6.07, 6.45) is 0.540. The molecule has 5 atom stereocenters. The van der Waals surface area contributed by atoms with Gasteiger partial charge in [-0.05, 0) is 25.0 Å². The van der Waals surface area contributed by atoms with Crippen molar-refractivity contribution in [2.75, 3.05) is 13.7 Å². The first-order valence-corrected chi connectivity index (χ1v) is 11.0. The number of nitrogens with zero attached hydrogens (tertiary/aromatic N) is 2. The molecule has 1 saturated heterocycles. The monoisotopic (exact) mass is 443 g/mol. The lowest BCUT2D eigenvalue weighted by molar-refractivity contribution is -0.214. The number of aliphatic hydroxyl groups is 4. The lowest BCUT2D eigenvalue weighted by Gasteiger charge is -2.37. The second-order valence-corrected chi connectivity index (χ2v) is 8.58. The average molecular weight is 444 g/mol. The van der Waals surface area contributed by atoms with Crippen molar-refractivity contribution in [1.29, 1.82) is 0 Å². The Labute approximate surface area is 186 Å². The molecule has 5 N–H and O–H groups in total. The van der Waals surface area contributed by atoms with E-state index >= 15 is 0 Å². The van der Waals surface area contributed by atoms with Crippen LogP contribution in [0.4, 0.5) is 0 Å². The third-order valence-electron chi connectivity index (χ3n) is 6.48. The Balaban J connectivity index is 1.62. The van der Waals surface area contributed by atoms with Crippen LogP contribution >= 0.6 is 0 Å². The van der Waals surface area contributed by atoms with Crippen LogP contribution in [0.3, 0.4) is 0 Å². The number of fused-ring (bicyclic) bond motifs is 1. The molecule has 1 aromatic carbocycles. The number of nitrogens with one attached hydrogen (secondary N) is 1. The van der Waals surface area contributed by atoms with Gasteiger partial charge in [-0.25, -0.2) is 0 Å². The molecule has 2 aliphatic rings. The molecule has 32 heavy (non-hydrogen) atoms. The summed E-state index contributed by atoms with van der Waals surface area (Å²) < 4.78 is 5.46. The molecule has 1 amide bonds. The average Bonchev–Trinajstić information content (AvgIpc) is 3.30.